The molecular weight excluding hydrogens is 416 g/mol. The van der Waals surface area contributed by atoms with E-state index in [1.54, 1.807) is 24.0 Å². The lowest BCUT2D eigenvalue weighted by Gasteiger charge is -2.27. The van der Waals surface area contributed by atoms with Gasteiger partial charge in [0.2, 0.25) is 16.8 Å². The molecule has 0 atom stereocenters. The van der Waals surface area contributed by atoms with Crippen LogP contribution < -0.4 is 9.47 Å². The van der Waals surface area contributed by atoms with Gasteiger partial charge in [0.15, 0.2) is 11.5 Å². The molecule has 0 bridgehead atoms. The lowest BCUT2D eigenvalue weighted by atomic mass is 10.1. The van der Waals surface area contributed by atoms with Crippen LogP contribution in [0.4, 0.5) is 0 Å². The number of carbonyl (C=O) groups excluding carboxylic acids is 1. The van der Waals surface area contributed by atoms with Crippen molar-refractivity contribution in [2.75, 3.05) is 26.4 Å². The third-order valence-electron chi connectivity index (χ3n) is 5.85. The van der Waals surface area contributed by atoms with E-state index in [0.29, 0.717) is 48.8 Å². The van der Waals surface area contributed by atoms with Gasteiger partial charge in [-0.25, -0.2) is 8.42 Å². The minimum atomic E-state index is -3.61. The second kappa shape index (κ2) is 8.88. The Morgan fingerprint density at radius 2 is 1.77 bits per heavy atom. The molecule has 0 radical (unpaired) electrons. The van der Waals surface area contributed by atoms with Gasteiger partial charge < -0.3 is 14.4 Å². The van der Waals surface area contributed by atoms with Crippen LogP contribution in [0.25, 0.3) is 0 Å². The Kier molecular flexibility index (Phi) is 6.20. The smallest absolute Gasteiger partial charge is 0.254 e. The van der Waals surface area contributed by atoms with Crippen LogP contribution >= 0.6 is 0 Å². The molecular formula is C23H28N2O5S. The number of benzene rings is 2. The number of fused-ring (bicyclic) bond motifs is 1. The van der Waals surface area contributed by atoms with Gasteiger partial charge in [-0.05, 0) is 62.1 Å². The number of carbonyl (C=O) groups is 1. The lowest BCUT2D eigenvalue weighted by molar-refractivity contribution is 0.0752. The van der Waals surface area contributed by atoms with Gasteiger partial charge in [0.1, 0.15) is 0 Å². The summed E-state index contributed by atoms with van der Waals surface area (Å²) in [4.78, 5) is 15.2. The van der Waals surface area contributed by atoms with Gasteiger partial charge >= 0.3 is 0 Å². The van der Waals surface area contributed by atoms with E-state index in [9.17, 15) is 13.2 Å². The fourth-order valence-corrected chi connectivity index (χ4v) is 5.79. The second-order valence-electron chi connectivity index (χ2n) is 7.95. The van der Waals surface area contributed by atoms with Crippen LogP contribution in [0.3, 0.4) is 0 Å². The van der Waals surface area contributed by atoms with Crippen molar-refractivity contribution in [3.05, 3.63) is 53.1 Å². The van der Waals surface area contributed by atoms with Crippen LogP contribution in [0.15, 0.2) is 41.3 Å². The SMILES string of the molecule is CCN(Cc1ccc2c(c1)OCO2)C(=O)c1ccc(C)c(S(=O)(=O)N2CCCCC2)c1. The third kappa shape index (κ3) is 4.41. The maximum Gasteiger partial charge on any atom is 0.254 e. The van der Waals surface area contributed by atoms with Crippen LogP contribution in [-0.2, 0) is 16.6 Å². The highest BCUT2D eigenvalue weighted by molar-refractivity contribution is 7.89. The summed E-state index contributed by atoms with van der Waals surface area (Å²) in [7, 11) is -3.61. The second-order valence-corrected chi connectivity index (χ2v) is 9.86. The molecule has 8 heteroatoms. The highest BCUT2D eigenvalue weighted by Crippen LogP contribution is 2.33. The van der Waals surface area contributed by atoms with Crippen molar-refractivity contribution in [3.8, 4) is 11.5 Å². The van der Waals surface area contributed by atoms with Crippen LogP contribution in [0, 0.1) is 6.92 Å². The highest BCUT2D eigenvalue weighted by Gasteiger charge is 2.28. The zero-order chi connectivity index (χ0) is 22.0. The molecule has 0 aliphatic carbocycles. The van der Waals surface area contributed by atoms with Gasteiger partial charge in [-0.1, -0.05) is 18.6 Å². The molecule has 166 valence electrons. The van der Waals surface area contributed by atoms with Gasteiger partial charge in [0, 0.05) is 31.7 Å². The number of sulfonamides is 1. The molecule has 0 N–H and O–H groups in total. The number of piperidine rings is 1. The van der Waals surface area contributed by atoms with E-state index >= 15 is 0 Å². The van der Waals surface area contributed by atoms with Crippen molar-refractivity contribution in [3.63, 3.8) is 0 Å². The van der Waals surface area contributed by atoms with E-state index < -0.39 is 10.0 Å². The van der Waals surface area contributed by atoms with Gasteiger partial charge in [-0.15, -0.1) is 0 Å². The maximum atomic E-state index is 13.2. The fraction of sp³-hybridized carbons (Fsp3) is 0.435. The average molecular weight is 445 g/mol. The third-order valence-corrected chi connectivity index (χ3v) is 7.89. The quantitative estimate of drug-likeness (QED) is 0.681. The van der Waals surface area contributed by atoms with Crippen molar-refractivity contribution in [2.45, 2.75) is 44.6 Å². The molecule has 0 unspecified atom stereocenters. The molecule has 2 heterocycles. The van der Waals surface area contributed by atoms with Crippen molar-refractivity contribution >= 4 is 15.9 Å². The van der Waals surface area contributed by atoms with E-state index in [4.69, 9.17) is 9.47 Å². The van der Waals surface area contributed by atoms with E-state index in [1.807, 2.05) is 25.1 Å². The Balaban J connectivity index is 1.58. The zero-order valence-corrected chi connectivity index (χ0v) is 18.8. The van der Waals surface area contributed by atoms with Crippen molar-refractivity contribution in [1.82, 2.24) is 9.21 Å². The molecule has 31 heavy (non-hydrogen) atoms. The number of ether oxygens (including phenoxy) is 2. The van der Waals surface area contributed by atoms with Crippen LogP contribution in [0.5, 0.6) is 11.5 Å². The molecule has 2 aromatic carbocycles. The maximum absolute atomic E-state index is 13.2. The first-order valence-corrected chi connectivity index (χ1v) is 12.1. The van der Waals surface area contributed by atoms with Crippen LogP contribution in [0.1, 0.15) is 47.7 Å². The van der Waals surface area contributed by atoms with Gasteiger partial charge in [0.25, 0.3) is 5.91 Å². The first kappa shape index (κ1) is 21.6. The predicted molar refractivity (Wildman–Crippen MR) is 117 cm³/mol. The molecule has 7 nitrogen and oxygen atoms in total. The number of nitrogens with zero attached hydrogens (tertiary/aromatic N) is 2. The predicted octanol–water partition coefficient (Wildman–Crippen LogP) is 3.56. The topological polar surface area (TPSA) is 76.1 Å². The molecule has 2 aromatic rings. The molecule has 1 fully saturated rings. The summed E-state index contributed by atoms with van der Waals surface area (Å²) >= 11 is 0. The van der Waals surface area contributed by atoms with Crippen molar-refractivity contribution in [1.29, 1.82) is 0 Å². The summed E-state index contributed by atoms with van der Waals surface area (Å²) in [5.74, 6) is 1.17. The van der Waals surface area contributed by atoms with E-state index in [2.05, 4.69) is 0 Å². The first-order valence-electron chi connectivity index (χ1n) is 10.7. The number of hydrogen-bond donors (Lipinski definition) is 0. The van der Waals surface area contributed by atoms with Gasteiger partial charge in [-0.2, -0.15) is 4.31 Å². The van der Waals surface area contributed by atoms with E-state index in [0.717, 1.165) is 24.8 Å². The summed E-state index contributed by atoms with van der Waals surface area (Å²) in [6, 6.07) is 10.6. The summed E-state index contributed by atoms with van der Waals surface area (Å²) in [6.45, 7) is 5.84. The van der Waals surface area contributed by atoms with Crippen LogP contribution in [-0.4, -0.2) is 50.0 Å². The molecule has 2 aliphatic rings. The standard InChI is InChI=1S/C23H28N2O5S/c1-3-24(15-18-8-10-20-21(13-18)30-16-29-20)23(26)19-9-7-17(2)22(14-19)31(27,28)25-11-5-4-6-12-25/h7-10,13-14H,3-6,11-12,15-16H2,1-2H3. The molecule has 0 aromatic heterocycles. The Morgan fingerprint density at radius 1 is 1.03 bits per heavy atom. The summed E-state index contributed by atoms with van der Waals surface area (Å²) < 4.78 is 38.7. The largest absolute Gasteiger partial charge is 0.454 e. The van der Waals surface area contributed by atoms with Gasteiger partial charge in [-0.3, -0.25) is 4.79 Å². The van der Waals surface area contributed by atoms with E-state index in [1.165, 1.54) is 10.4 Å². The normalized spacial score (nSPS) is 16.3. The summed E-state index contributed by atoms with van der Waals surface area (Å²) in [5.41, 5.74) is 1.96. The summed E-state index contributed by atoms with van der Waals surface area (Å²) in [5, 5.41) is 0. The lowest BCUT2D eigenvalue weighted by Crippen LogP contribution is -2.36. The van der Waals surface area contributed by atoms with Crippen LogP contribution in [0.2, 0.25) is 0 Å². The molecule has 0 spiro atoms. The molecule has 1 amide bonds. The molecule has 1 saturated heterocycles. The Bertz CT molecular complexity index is 1080. The number of aryl methyl sites for hydroxylation is 1. The molecule has 0 saturated carbocycles. The molecule has 2 aliphatic heterocycles. The number of hydrogen-bond acceptors (Lipinski definition) is 5. The van der Waals surface area contributed by atoms with Crippen molar-refractivity contribution < 1.29 is 22.7 Å². The number of amides is 1. The molecule has 4 rings (SSSR count). The average Bonchev–Trinajstić information content (AvgIpc) is 3.25. The Morgan fingerprint density at radius 3 is 2.52 bits per heavy atom. The number of rotatable bonds is 6. The monoisotopic (exact) mass is 444 g/mol. The Labute approximate surface area is 183 Å². The van der Waals surface area contributed by atoms with Gasteiger partial charge in [0.05, 0.1) is 4.90 Å². The van der Waals surface area contributed by atoms with Crippen molar-refractivity contribution in [2.24, 2.45) is 0 Å². The Hall–Kier alpha value is -2.58. The highest BCUT2D eigenvalue weighted by atomic mass is 32.2. The fourth-order valence-electron chi connectivity index (χ4n) is 4.02. The zero-order valence-electron chi connectivity index (χ0n) is 18.0. The minimum absolute atomic E-state index is 0.199. The minimum Gasteiger partial charge on any atom is -0.454 e. The first-order chi connectivity index (χ1) is 14.9. The van der Waals surface area contributed by atoms with E-state index in [-0.39, 0.29) is 17.6 Å². The summed E-state index contributed by atoms with van der Waals surface area (Å²) in [6.07, 6.45) is 2.79.